The van der Waals surface area contributed by atoms with E-state index in [-0.39, 0.29) is 0 Å². The molecule has 2 rings (SSSR count). The van der Waals surface area contributed by atoms with Crippen molar-refractivity contribution in [3.63, 3.8) is 0 Å². The van der Waals surface area contributed by atoms with E-state index < -0.39 is 0 Å². The van der Waals surface area contributed by atoms with Crippen LogP contribution in [0.15, 0.2) is 24.5 Å². The molecule has 0 bridgehead atoms. The van der Waals surface area contributed by atoms with E-state index in [0.717, 1.165) is 12.3 Å². The first-order valence-electron chi connectivity index (χ1n) is 5.23. The van der Waals surface area contributed by atoms with Gasteiger partial charge in [0.1, 0.15) is 0 Å². The molecule has 1 aromatic heterocycles. The fraction of sp³-hybridized carbons (Fsp3) is 0.545. The molecule has 3 heteroatoms. The maximum Gasteiger partial charge on any atom is 0.0270 e. The van der Waals surface area contributed by atoms with E-state index in [1.54, 1.807) is 0 Å². The summed E-state index contributed by atoms with van der Waals surface area (Å²) >= 11 is 0. The summed E-state index contributed by atoms with van der Waals surface area (Å²) in [6.45, 7) is 0. The normalized spacial score (nSPS) is 18.1. The van der Waals surface area contributed by atoms with Gasteiger partial charge in [0, 0.05) is 18.4 Å². The Morgan fingerprint density at radius 2 is 2.14 bits per heavy atom. The highest BCUT2D eigenvalue weighted by Crippen LogP contribution is 2.33. The van der Waals surface area contributed by atoms with Crippen molar-refractivity contribution >= 4 is 0 Å². The molecule has 3 N–H and O–H groups in total. The van der Waals surface area contributed by atoms with Crippen LogP contribution in [0.1, 0.15) is 24.8 Å². The Bertz CT molecular complexity index is 269. The molecule has 14 heavy (non-hydrogen) atoms. The molecule has 1 heterocycles. The lowest BCUT2D eigenvalue weighted by atomic mass is 10.0. The number of pyridine rings is 1. The van der Waals surface area contributed by atoms with Crippen molar-refractivity contribution in [3.05, 3.63) is 30.1 Å². The molecule has 0 radical (unpaired) electrons. The van der Waals surface area contributed by atoms with Gasteiger partial charge in [0.25, 0.3) is 0 Å². The second-order valence-corrected chi connectivity index (χ2v) is 4.10. The third kappa shape index (κ3) is 2.79. The smallest absolute Gasteiger partial charge is 0.0270 e. The van der Waals surface area contributed by atoms with Crippen LogP contribution in [-0.4, -0.2) is 11.0 Å². The SMILES string of the molecule is NNC(Cc1ccncc1)CC1CC1. The number of hydrazine groups is 1. The van der Waals surface area contributed by atoms with Crippen LogP contribution in [0.4, 0.5) is 0 Å². The average molecular weight is 191 g/mol. The van der Waals surface area contributed by atoms with Gasteiger partial charge in [-0.05, 0) is 36.5 Å². The zero-order valence-corrected chi connectivity index (χ0v) is 8.32. The Morgan fingerprint density at radius 3 is 2.71 bits per heavy atom. The zero-order valence-electron chi connectivity index (χ0n) is 8.32. The summed E-state index contributed by atoms with van der Waals surface area (Å²) in [7, 11) is 0. The molecule has 0 saturated heterocycles. The molecule has 0 amide bonds. The molecular formula is C11H17N3. The molecule has 0 spiro atoms. The van der Waals surface area contributed by atoms with Crippen LogP contribution in [-0.2, 0) is 6.42 Å². The predicted molar refractivity (Wildman–Crippen MR) is 56.4 cm³/mol. The third-order valence-corrected chi connectivity index (χ3v) is 2.78. The second kappa shape index (κ2) is 4.53. The summed E-state index contributed by atoms with van der Waals surface area (Å²) in [6, 6.07) is 4.53. The molecule has 1 aliphatic rings. The van der Waals surface area contributed by atoms with E-state index in [4.69, 9.17) is 5.84 Å². The summed E-state index contributed by atoms with van der Waals surface area (Å²) in [4.78, 5) is 4.00. The molecule has 1 unspecified atom stereocenters. The van der Waals surface area contributed by atoms with Crippen molar-refractivity contribution in [3.8, 4) is 0 Å². The lowest BCUT2D eigenvalue weighted by Gasteiger charge is -2.14. The summed E-state index contributed by atoms with van der Waals surface area (Å²) in [6.07, 6.45) is 8.65. The molecule has 1 aliphatic carbocycles. The fourth-order valence-electron chi connectivity index (χ4n) is 1.77. The highest BCUT2D eigenvalue weighted by atomic mass is 15.2. The number of nitrogens with one attached hydrogen (secondary N) is 1. The minimum atomic E-state index is 0.421. The first-order chi connectivity index (χ1) is 6.88. The lowest BCUT2D eigenvalue weighted by Crippen LogP contribution is -2.37. The van der Waals surface area contributed by atoms with Crippen LogP contribution >= 0.6 is 0 Å². The van der Waals surface area contributed by atoms with Gasteiger partial charge in [0.2, 0.25) is 0 Å². The van der Waals surface area contributed by atoms with Gasteiger partial charge in [-0.3, -0.25) is 16.3 Å². The van der Waals surface area contributed by atoms with E-state index >= 15 is 0 Å². The lowest BCUT2D eigenvalue weighted by molar-refractivity contribution is 0.466. The summed E-state index contributed by atoms with van der Waals surface area (Å²) in [5.41, 5.74) is 4.21. The van der Waals surface area contributed by atoms with Crippen molar-refractivity contribution in [1.82, 2.24) is 10.4 Å². The number of nitrogens with two attached hydrogens (primary N) is 1. The van der Waals surface area contributed by atoms with E-state index in [9.17, 15) is 0 Å². The van der Waals surface area contributed by atoms with Crippen LogP contribution in [0.3, 0.4) is 0 Å². The largest absolute Gasteiger partial charge is 0.271 e. The van der Waals surface area contributed by atoms with Crippen LogP contribution in [0.5, 0.6) is 0 Å². The standard InChI is InChI=1S/C11H17N3/c12-14-11(7-9-1-2-9)8-10-3-5-13-6-4-10/h3-6,9,11,14H,1-2,7-8,12H2. The van der Waals surface area contributed by atoms with Crippen LogP contribution in [0, 0.1) is 5.92 Å². The van der Waals surface area contributed by atoms with Crippen molar-refractivity contribution in [2.24, 2.45) is 11.8 Å². The number of aromatic nitrogens is 1. The summed E-state index contributed by atoms with van der Waals surface area (Å²) in [5.74, 6) is 6.45. The fourth-order valence-corrected chi connectivity index (χ4v) is 1.77. The van der Waals surface area contributed by atoms with Crippen molar-refractivity contribution in [1.29, 1.82) is 0 Å². The van der Waals surface area contributed by atoms with E-state index in [2.05, 4.69) is 22.5 Å². The van der Waals surface area contributed by atoms with Crippen molar-refractivity contribution in [2.75, 3.05) is 0 Å². The summed E-state index contributed by atoms with van der Waals surface area (Å²) in [5, 5.41) is 0. The average Bonchev–Trinajstić information content (AvgIpc) is 3.02. The van der Waals surface area contributed by atoms with E-state index in [1.807, 2.05) is 12.4 Å². The topological polar surface area (TPSA) is 50.9 Å². The monoisotopic (exact) mass is 191 g/mol. The van der Waals surface area contributed by atoms with Gasteiger partial charge in [-0.15, -0.1) is 0 Å². The Kier molecular flexibility index (Phi) is 3.11. The number of nitrogens with zero attached hydrogens (tertiary/aromatic N) is 1. The van der Waals surface area contributed by atoms with E-state index in [1.165, 1.54) is 24.8 Å². The molecule has 0 aromatic carbocycles. The minimum Gasteiger partial charge on any atom is -0.271 e. The van der Waals surface area contributed by atoms with Crippen molar-refractivity contribution < 1.29 is 0 Å². The Morgan fingerprint density at radius 1 is 1.43 bits per heavy atom. The second-order valence-electron chi connectivity index (χ2n) is 4.10. The van der Waals surface area contributed by atoms with Gasteiger partial charge in [0.05, 0.1) is 0 Å². The van der Waals surface area contributed by atoms with Gasteiger partial charge in [-0.2, -0.15) is 0 Å². The predicted octanol–water partition coefficient (Wildman–Crippen LogP) is 1.26. The Labute approximate surface area is 84.7 Å². The first kappa shape index (κ1) is 9.62. The van der Waals surface area contributed by atoms with Crippen LogP contribution < -0.4 is 11.3 Å². The molecule has 3 nitrogen and oxygen atoms in total. The zero-order chi connectivity index (χ0) is 9.80. The molecular weight excluding hydrogens is 174 g/mol. The Hall–Kier alpha value is -0.930. The van der Waals surface area contributed by atoms with Crippen molar-refractivity contribution in [2.45, 2.75) is 31.7 Å². The maximum absolute atomic E-state index is 5.53. The number of rotatable bonds is 5. The molecule has 1 atom stereocenters. The van der Waals surface area contributed by atoms with Gasteiger partial charge in [0.15, 0.2) is 0 Å². The number of hydrogen-bond donors (Lipinski definition) is 2. The minimum absolute atomic E-state index is 0.421. The molecule has 1 aromatic rings. The van der Waals surface area contributed by atoms with Gasteiger partial charge >= 0.3 is 0 Å². The first-order valence-corrected chi connectivity index (χ1v) is 5.23. The van der Waals surface area contributed by atoms with Gasteiger partial charge in [-0.1, -0.05) is 12.8 Å². The highest BCUT2D eigenvalue weighted by Gasteiger charge is 2.24. The summed E-state index contributed by atoms with van der Waals surface area (Å²) < 4.78 is 0. The third-order valence-electron chi connectivity index (χ3n) is 2.78. The number of hydrogen-bond acceptors (Lipinski definition) is 3. The van der Waals surface area contributed by atoms with Crippen LogP contribution in [0.25, 0.3) is 0 Å². The highest BCUT2D eigenvalue weighted by molar-refractivity contribution is 5.11. The maximum atomic E-state index is 5.53. The van der Waals surface area contributed by atoms with Crippen LogP contribution in [0.2, 0.25) is 0 Å². The molecule has 1 saturated carbocycles. The Balaban J connectivity index is 1.87. The van der Waals surface area contributed by atoms with Gasteiger partial charge < -0.3 is 0 Å². The quantitative estimate of drug-likeness (QED) is 0.544. The molecule has 76 valence electrons. The molecule has 0 aliphatic heterocycles. The van der Waals surface area contributed by atoms with Gasteiger partial charge in [-0.25, -0.2) is 0 Å². The van der Waals surface area contributed by atoms with E-state index in [0.29, 0.717) is 6.04 Å². The molecule has 1 fully saturated rings.